The van der Waals surface area contributed by atoms with Crippen LogP contribution in [0.25, 0.3) is 0 Å². The van der Waals surface area contributed by atoms with Crippen molar-refractivity contribution in [2.75, 3.05) is 24.6 Å². The smallest absolute Gasteiger partial charge is 0.152 e. The van der Waals surface area contributed by atoms with Crippen molar-refractivity contribution in [2.24, 2.45) is 0 Å². The zero-order valence-corrected chi connectivity index (χ0v) is 8.39. The van der Waals surface area contributed by atoms with Gasteiger partial charge in [-0.05, 0) is 6.54 Å². The van der Waals surface area contributed by atoms with Gasteiger partial charge in [-0.1, -0.05) is 13.8 Å². The van der Waals surface area contributed by atoms with Crippen molar-refractivity contribution in [1.82, 2.24) is 5.32 Å². The molecule has 0 bridgehead atoms. The lowest BCUT2D eigenvalue weighted by atomic mass is 10.4. The van der Waals surface area contributed by atoms with Crippen molar-refractivity contribution in [3.63, 3.8) is 0 Å². The molecule has 4 nitrogen and oxygen atoms in total. The molecule has 0 radical (unpaired) electrons. The topological polar surface area (TPSA) is 66.4 Å². The summed E-state index contributed by atoms with van der Waals surface area (Å²) in [5, 5.41) is 12.1. The molecule has 0 aliphatic heterocycles. The van der Waals surface area contributed by atoms with E-state index >= 15 is 0 Å². The Morgan fingerprint density at radius 3 is 2.42 bits per heavy atom. The number of aliphatic hydroxyl groups is 1. The van der Waals surface area contributed by atoms with Crippen LogP contribution in [0, 0.1) is 0 Å². The minimum atomic E-state index is -3.04. The Kier molecular flexibility index (Phi) is 5.44. The fourth-order valence-electron chi connectivity index (χ4n) is 0.781. The van der Waals surface area contributed by atoms with Gasteiger partial charge in [-0.2, -0.15) is 0 Å². The van der Waals surface area contributed by atoms with Crippen molar-refractivity contribution >= 4 is 9.84 Å². The molecular formula is C7H17NO3S. The van der Waals surface area contributed by atoms with Gasteiger partial charge in [-0.25, -0.2) is 8.42 Å². The SMILES string of the molecule is CCNCC(O)CS(=O)(=O)CC. The van der Waals surface area contributed by atoms with E-state index in [2.05, 4.69) is 5.32 Å². The van der Waals surface area contributed by atoms with E-state index < -0.39 is 15.9 Å². The molecule has 0 fully saturated rings. The van der Waals surface area contributed by atoms with Crippen LogP contribution < -0.4 is 5.32 Å². The van der Waals surface area contributed by atoms with Gasteiger partial charge >= 0.3 is 0 Å². The molecule has 0 amide bonds. The van der Waals surface area contributed by atoms with Gasteiger partial charge in [0.2, 0.25) is 0 Å². The van der Waals surface area contributed by atoms with Gasteiger partial charge in [-0.15, -0.1) is 0 Å². The molecule has 0 aromatic rings. The van der Waals surface area contributed by atoms with Crippen LogP contribution in [-0.2, 0) is 9.84 Å². The minimum Gasteiger partial charge on any atom is -0.391 e. The molecule has 74 valence electrons. The van der Waals surface area contributed by atoms with Crippen LogP contribution in [0.5, 0.6) is 0 Å². The standard InChI is InChI=1S/C7H17NO3S/c1-3-8-5-7(9)6-12(10,11)4-2/h7-9H,3-6H2,1-2H3. The highest BCUT2D eigenvalue weighted by molar-refractivity contribution is 7.91. The number of sulfone groups is 1. The number of hydrogen-bond acceptors (Lipinski definition) is 4. The molecule has 0 aromatic carbocycles. The molecule has 0 heterocycles. The van der Waals surface area contributed by atoms with Crippen LogP contribution in [0.15, 0.2) is 0 Å². The second-order valence-electron chi connectivity index (χ2n) is 2.66. The van der Waals surface area contributed by atoms with E-state index in [0.29, 0.717) is 6.54 Å². The van der Waals surface area contributed by atoms with Gasteiger partial charge in [0.15, 0.2) is 9.84 Å². The quantitative estimate of drug-likeness (QED) is 0.593. The maximum Gasteiger partial charge on any atom is 0.152 e. The summed E-state index contributed by atoms with van der Waals surface area (Å²) in [5.74, 6) is -0.0489. The molecule has 0 saturated carbocycles. The van der Waals surface area contributed by atoms with E-state index in [9.17, 15) is 13.5 Å². The summed E-state index contributed by atoms with van der Waals surface area (Å²) < 4.78 is 22.0. The number of nitrogens with one attached hydrogen (secondary N) is 1. The van der Waals surface area contributed by atoms with E-state index in [0.717, 1.165) is 6.54 Å². The second-order valence-corrected chi connectivity index (χ2v) is 5.06. The third-order valence-electron chi connectivity index (χ3n) is 1.52. The Balaban J connectivity index is 3.76. The zero-order chi connectivity index (χ0) is 9.61. The molecule has 0 aromatic heterocycles. The lowest BCUT2D eigenvalue weighted by molar-refractivity contribution is 0.194. The first-order valence-corrected chi connectivity index (χ1v) is 5.93. The average molecular weight is 195 g/mol. The molecule has 0 spiro atoms. The predicted octanol–water partition coefficient (Wildman–Crippen LogP) is -0.608. The molecule has 1 atom stereocenters. The van der Waals surface area contributed by atoms with E-state index in [1.807, 2.05) is 6.92 Å². The maximum absolute atomic E-state index is 11.0. The Hall–Kier alpha value is -0.130. The average Bonchev–Trinajstić information content (AvgIpc) is 2.00. The predicted molar refractivity (Wildman–Crippen MR) is 48.9 cm³/mol. The minimum absolute atomic E-state index is 0.0934. The highest BCUT2D eigenvalue weighted by Gasteiger charge is 2.14. The Labute approximate surface area is 73.9 Å². The van der Waals surface area contributed by atoms with Crippen LogP contribution in [0.1, 0.15) is 13.8 Å². The molecule has 1 unspecified atom stereocenters. The first-order valence-electron chi connectivity index (χ1n) is 4.11. The maximum atomic E-state index is 11.0. The first-order chi connectivity index (χ1) is 5.52. The molecule has 12 heavy (non-hydrogen) atoms. The number of aliphatic hydroxyl groups excluding tert-OH is 1. The lowest BCUT2D eigenvalue weighted by Gasteiger charge is -2.09. The van der Waals surface area contributed by atoms with Gasteiger partial charge in [0.1, 0.15) is 0 Å². The van der Waals surface area contributed by atoms with Crippen LogP contribution in [-0.4, -0.2) is 44.2 Å². The van der Waals surface area contributed by atoms with Crippen molar-refractivity contribution in [1.29, 1.82) is 0 Å². The first kappa shape index (κ1) is 11.9. The third kappa shape index (κ3) is 5.51. The van der Waals surface area contributed by atoms with Crippen molar-refractivity contribution in [3.05, 3.63) is 0 Å². The molecule has 5 heteroatoms. The number of likely N-dealkylation sites (N-methyl/N-ethyl adjacent to an activating group) is 1. The zero-order valence-electron chi connectivity index (χ0n) is 7.58. The van der Waals surface area contributed by atoms with Crippen LogP contribution in [0.3, 0.4) is 0 Å². The van der Waals surface area contributed by atoms with Crippen molar-refractivity contribution in [3.8, 4) is 0 Å². The Morgan fingerprint density at radius 2 is 2.00 bits per heavy atom. The molecule has 0 rings (SSSR count). The largest absolute Gasteiger partial charge is 0.391 e. The molecular weight excluding hydrogens is 178 g/mol. The van der Waals surface area contributed by atoms with Gasteiger partial charge in [0.25, 0.3) is 0 Å². The second kappa shape index (κ2) is 5.50. The van der Waals surface area contributed by atoms with Gasteiger partial charge in [-0.3, -0.25) is 0 Å². The molecule has 2 N–H and O–H groups in total. The summed E-state index contributed by atoms with van der Waals surface area (Å²) in [4.78, 5) is 0. The van der Waals surface area contributed by atoms with Gasteiger partial charge < -0.3 is 10.4 Å². The van der Waals surface area contributed by atoms with Gasteiger partial charge in [0.05, 0.1) is 11.9 Å². The fraction of sp³-hybridized carbons (Fsp3) is 1.00. The van der Waals surface area contributed by atoms with E-state index in [1.54, 1.807) is 6.92 Å². The summed E-state index contributed by atoms with van der Waals surface area (Å²) in [6.45, 7) is 4.56. The van der Waals surface area contributed by atoms with Crippen molar-refractivity contribution < 1.29 is 13.5 Å². The highest BCUT2D eigenvalue weighted by atomic mass is 32.2. The number of hydrogen-bond donors (Lipinski definition) is 2. The van der Waals surface area contributed by atoms with Crippen LogP contribution in [0.2, 0.25) is 0 Å². The monoisotopic (exact) mass is 195 g/mol. The van der Waals surface area contributed by atoms with Crippen LogP contribution in [0.4, 0.5) is 0 Å². The fourth-order valence-corrected chi connectivity index (χ4v) is 1.72. The summed E-state index contributed by atoms with van der Waals surface area (Å²) in [7, 11) is -3.04. The third-order valence-corrected chi connectivity index (χ3v) is 3.29. The van der Waals surface area contributed by atoms with E-state index in [-0.39, 0.29) is 11.5 Å². The van der Waals surface area contributed by atoms with Crippen LogP contribution >= 0.6 is 0 Å². The summed E-state index contributed by atoms with van der Waals surface area (Å²) >= 11 is 0. The Bertz CT molecular complexity index is 201. The van der Waals surface area contributed by atoms with Gasteiger partial charge in [0, 0.05) is 12.3 Å². The molecule has 0 aliphatic carbocycles. The lowest BCUT2D eigenvalue weighted by Crippen LogP contribution is -2.32. The molecule has 0 aliphatic rings. The molecule has 0 saturated heterocycles. The van der Waals surface area contributed by atoms with Crippen molar-refractivity contribution in [2.45, 2.75) is 20.0 Å². The summed E-state index contributed by atoms with van der Waals surface area (Å²) in [5.41, 5.74) is 0. The highest BCUT2D eigenvalue weighted by Crippen LogP contribution is 1.93. The summed E-state index contributed by atoms with van der Waals surface area (Å²) in [6, 6.07) is 0. The number of rotatable bonds is 6. The Morgan fingerprint density at radius 1 is 1.42 bits per heavy atom. The summed E-state index contributed by atoms with van der Waals surface area (Å²) in [6.07, 6.45) is -0.783. The van der Waals surface area contributed by atoms with E-state index in [4.69, 9.17) is 0 Å². The van der Waals surface area contributed by atoms with E-state index in [1.165, 1.54) is 0 Å². The normalized spacial score (nSPS) is 14.6.